The summed E-state index contributed by atoms with van der Waals surface area (Å²) in [6.45, 7) is 7.58. The lowest BCUT2D eigenvalue weighted by atomic mass is 10.0. The molecule has 35 heavy (non-hydrogen) atoms. The Hall–Kier alpha value is -1.18. The number of hydrogen-bond donors (Lipinski definition) is 2. The van der Waals surface area contributed by atoms with Gasteiger partial charge in [0.15, 0.2) is 0 Å². The van der Waals surface area contributed by atoms with Gasteiger partial charge in [-0.3, -0.25) is 9.59 Å². The zero-order valence-corrected chi connectivity index (χ0v) is 23.8. The molecule has 2 amide bonds. The zero-order valence-electron chi connectivity index (χ0n) is 23.8. The molecule has 0 aromatic heterocycles. The Bertz CT molecular complexity index is 509. The van der Waals surface area contributed by atoms with E-state index in [0.29, 0.717) is 39.4 Å². The highest BCUT2D eigenvalue weighted by molar-refractivity contribution is 5.87. The van der Waals surface area contributed by atoms with Crippen LogP contribution < -0.4 is 10.6 Å². The maximum absolute atomic E-state index is 12.1. The number of hydrogen-bond acceptors (Lipinski definition) is 4. The summed E-state index contributed by atoms with van der Waals surface area (Å²) in [6, 6.07) is -0.525. The van der Waals surface area contributed by atoms with Gasteiger partial charge in [0, 0.05) is 13.0 Å². The Kier molecular flexibility index (Phi) is 22.4. The van der Waals surface area contributed by atoms with Crippen molar-refractivity contribution in [2.45, 2.75) is 110 Å². The van der Waals surface area contributed by atoms with E-state index in [2.05, 4.69) is 38.7 Å². The van der Waals surface area contributed by atoms with Gasteiger partial charge in [-0.1, -0.05) is 84.0 Å². The van der Waals surface area contributed by atoms with Gasteiger partial charge in [0.2, 0.25) is 11.8 Å². The summed E-state index contributed by atoms with van der Waals surface area (Å²) >= 11 is 0. The molecule has 7 nitrogen and oxygen atoms in total. The van der Waals surface area contributed by atoms with Gasteiger partial charge in [-0.15, -0.1) is 0 Å². The van der Waals surface area contributed by atoms with Crippen LogP contribution in [0.4, 0.5) is 0 Å². The van der Waals surface area contributed by atoms with Crippen molar-refractivity contribution in [3.05, 3.63) is 0 Å². The number of quaternary nitrogens is 1. The number of nitrogens with zero attached hydrogens (tertiary/aromatic N) is 1. The van der Waals surface area contributed by atoms with Crippen molar-refractivity contribution in [3.63, 3.8) is 0 Å². The molecule has 0 aromatic carbocycles. The molecule has 0 saturated carbocycles. The van der Waals surface area contributed by atoms with Crippen LogP contribution in [0, 0.1) is 0 Å². The van der Waals surface area contributed by atoms with Crippen molar-refractivity contribution in [2.75, 3.05) is 60.7 Å². The smallest absolute Gasteiger partial charge is 0.242 e. The zero-order chi connectivity index (χ0) is 26.2. The predicted molar refractivity (Wildman–Crippen MR) is 145 cm³/mol. The third-order valence-electron chi connectivity index (χ3n) is 6.10. The summed E-state index contributed by atoms with van der Waals surface area (Å²) in [5.74, 6) is -0.218. The molecule has 0 bridgehead atoms. The largest absolute Gasteiger partial charge is 0.377 e. The first-order chi connectivity index (χ1) is 16.8. The van der Waals surface area contributed by atoms with Crippen LogP contribution >= 0.6 is 0 Å². The molecule has 0 spiro atoms. The number of amides is 2. The van der Waals surface area contributed by atoms with Crippen molar-refractivity contribution in [1.29, 1.82) is 0 Å². The van der Waals surface area contributed by atoms with E-state index >= 15 is 0 Å². The van der Waals surface area contributed by atoms with E-state index in [0.717, 1.165) is 23.9 Å². The summed E-state index contributed by atoms with van der Waals surface area (Å²) < 4.78 is 11.9. The van der Waals surface area contributed by atoms with Crippen LogP contribution in [-0.2, 0) is 19.1 Å². The lowest BCUT2D eigenvalue weighted by molar-refractivity contribution is -0.870. The van der Waals surface area contributed by atoms with E-state index < -0.39 is 6.04 Å². The molecule has 0 saturated heterocycles. The maximum Gasteiger partial charge on any atom is 0.242 e. The van der Waals surface area contributed by atoms with Crippen LogP contribution in [0.1, 0.15) is 104 Å². The molecule has 0 aromatic rings. The third kappa shape index (κ3) is 25.7. The summed E-state index contributed by atoms with van der Waals surface area (Å²) in [7, 11) is 6.39. The van der Waals surface area contributed by atoms with E-state index in [-0.39, 0.29) is 11.8 Å². The highest BCUT2D eigenvalue weighted by Crippen LogP contribution is 2.12. The Morgan fingerprint density at radius 3 is 1.71 bits per heavy atom. The van der Waals surface area contributed by atoms with Gasteiger partial charge in [-0.05, 0) is 13.3 Å². The van der Waals surface area contributed by atoms with Gasteiger partial charge < -0.3 is 24.6 Å². The summed E-state index contributed by atoms with van der Waals surface area (Å²) in [6.07, 6.45) is 17.2. The van der Waals surface area contributed by atoms with Gasteiger partial charge >= 0.3 is 0 Å². The normalized spacial score (nSPS) is 12.5. The molecule has 0 heterocycles. The van der Waals surface area contributed by atoms with E-state index in [4.69, 9.17) is 9.47 Å². The predicted octanol–water partition coefficient (Wildman–Crippen LogP) is 4.83. The van der Waals surface area contributed by atoms with Gasteiger partial charge in [0.25, 0.3) is 0 Å². The highest BCUT2D eigenvalue weighted by atomic mass is 16.5. The van der Waals surface area contributed by atoms with E-state index in [9.17, 15) is 9.59 Å². The van der Waals surface area contributed by atoms with Gasteiger partial charge in [0.05, 0.1) is 47.6 Å². The number of likely N-dealkylation sites (N-methyl/N-ethyl adjacent to an activating group) is 1. The molecule has 0 aliphatic carbocycles. The van der Waals surface area contributed by atoms with Crippen molar-refractivity contribution < 1.29 is 23.5 Å². The first-order valence-corrected chi connectivity index (χ1v) is 14.3. The third-order valence-corrected chi connectivity index (χ3v) is 6.10. The second-order valence-electron chi connectivity index (χ2n) is 10.8. The minimum atomic E-state index is -0.525. The average molecular weight is 501 g/mol. The standard InChI is InChI=1S/C28H57N3O4/c1-6-7-8-9-10-11-12-13-14-15-16-17-18-19-27(32)30-26(2)28(33)29-20-22-34-24-25-35-23-21-31(3,4)5/h26H,6-25H2,1-5H3,(H-,29,30,32,33)/p+1. The maximum atomic E-state index is 12.1. The molecule has 0 fully saturated rings. The first kappa shape index (κ1) is 33.8. The number of nitrogens with one attached hydrogen (secondary N) is 2. The van der Waals surface area contributed by atoms with E-state index in [1.54, 1.807) is 6.92 Å². The van der Waals surface area contributed by atoms with Crippen LogP contribution in [0.3, 0.4) is 0 Å². The molecular weight excluding hydrogens is 442 g/mol. The fourth-order valence-electron chi connectivity index (χ4n) is 3.74. The molecule has 1 unspecified atom stereocenters. The molecule has 0 rings (SSSR count). The first-order valence-electron chi connectivity index (χ1n) is 14.3. The molecule has 208 valence electrons. The molecule has 1 atom stereocenters. The fraction of sp³-hybridized carbons (Fsp3) is 0.929. The molecule has 2 N–H and O–H groups in total. The Labute approximate surface area is 216 Å². The molecular formula is C28H58N3O4+. The highest BCUT2D eigenvalue weighted by Gasteiger charge is 2.14. The van der Waals surface area contributed by atoms with Crippen LogP contribution in [0.25, 0.3) is 0 Å². The van der Waals surface area contributed by atoms with Gasteiger partial charge in [0.1, 0.15) is 12.6 Å². The SMILES string of the molecule is CCCCCCCCCCCCCCCC(=O)NC(C)C(=O)NCCOCCOCC[N+](C)(C)C. The number of carbonyl (C=O) groups is 2. The molecule has 0 aliphatic rings. The van der Waals surface area contributed by atoms with E-state index in [1.165, 1.54) is 70.6 Å². The van der Waals surface area contributed by atoms with Crippen molar-refractivity contribution in [2.24, 2.45) is 0 Å². The number of ether oxygens (including phenoxy) is 2. The minimum absolute atomic E-state index is 0.0435. The lowest BCUT2D eigenvalue weighted by Gasteiger charge is -2.23. The monoisotopic (exact) mass is 500 g/mol. The summed E-state index contributed by atoms with van der Waals surface area (Å²) in [4.78, 5) is 24.2. The van der Waals surface area contributed by atoms with Crippen molar-refractivity contribution in [1.82, 2.24) is 10.6 Å². The second-order valence-corrected chi connectivity index (χ2v) is 10.8. The number of unbranched alkanes of at least 4 members (excludes halogenated alkanes) is 12. The Balaban J connectivity index is 3.48. The van der Waals surface area contributed by atoms with Gasteiger partial charge in [-0.2, -0.15) is 0 Å². The Morgan fingerprint density at radius 2 is 1.20 bits per heavy atom. The Morgan fingerprint density at radius 1 is 0.714 bits per heavy atom. The molecule has 0 aliphatic heterocycles. The van der Waals surface area contributed by atoms with Crippen LogP contribution in [0.15, 0.2) is 0 Å². The van der Waals surface area contributed by atoms with Crippen molar-refractivity contribution >= 4 is 11.8 Å². The quantitative estimate of drug-likeness (QED) is 0.139. The van der Waals surface area contributed by atoms with E-state index in [1.807, 2.05) is 0 Å². The van der Waals surface area contributed by atoms with Crippen LogP contribution in [0.5, 0.6) is 0 Å². The fourth-order valence-corrected chi connectivity index (χ4v) is 3.74. The summed E-state index contributed by atoms with van der Waals surface area (Å²) in [5.41, 5.74) is 0. The van der Waals surface area contributed by atoms with Crippen LogP contribution in [-0.4, -0.2) is 83.0 Å². The van der Waals surface area contributed by atoms with Crippen molar-refractivity contribution in [3.8, 4) is 0 Å². The second kappa shape index (κ2) is 23.2. The minimum Gasteiger partial charge on any atom is -0.377 e. The van der Waals surface area contributed by atoms with Crippen LogP contribution in [0.2, 0.25) is 0 Å². The summed E-state index contributed by atoms with van der Waals surface area (Å²) in [5, 5.41) is 5.60. The number of carbonyl (C=O) groups excluding carboxylic acids is 2. The average Bonchev–Trinajstić information content (AvgIpc) is 2.80. The lowest BCUT2D eigenvalue weighted by Crippen LogP contribution is -2.45. The topological polar surface area (TPSA) is 76.7 Å². The number of rotatable bonds is 25. The van der Waals surface area contributed by atoms with Gasteiger partial charge in [-0.25, -0.2) is 0 Å². The molecule has 0 radical (unpaired) electrons. The molecule has 7 heteroatoms.